The van der Waals surface area contributed by atoms with E-state index >= 15 is 0 Å². The first-order valence-electron chi connectivity index (χ1n) is 8.65. The van der Waals surface area contributed by atoms with Crippen molar-refractivity contribution < 1.29 is 9.47 Å². The molecule has 2 heterocycles. The topological polar surface area (TPSA) is 61.5 Å². The van der Waals surface area contributed by atoms with Crippen LogP contribution in [0.1, 0.15) is 12.1 Å². The number of hydrogen-bond acceptors (Lipinski definition) is 5. The summed E-state index contributed by atoms with van der Waals surface area (Å²) in [6, 6.07) is 3.76. The average Bonchev–Trinajstić information content (AvgIpc) is 2.91. The zero-order valence-corrected chi connectivity index (χ0v) is 16.3. The molecule has 0 spiro atoms. The third-order valence-corrected chi connectivity index (χ3v) is 4.74. The van der Waals surface area contributed by atoms with Gasteiger partial charge >= 0.3 is 0 Å². The summed E-state index contributed by atoms with van der Waals surface area (Å²) in [5.41, 5.74) is 2.27. The molecule has 26 heavy (non-hydrogen) atoms. The highest BCUT2D eigenvalue weighted by molar-refractivity contribution is 6.12. The van der Waals surface area contributed by atoms with Crippen molar-refractivity contribution in [1.29, 1.82) is 0 Å². The lowest BCUT2D eigenvalue weighted by Crippen LogP contribution is -2.27. The van der Waals surface area contributed by atoms with Gasteiger partial charge in [0.25, 0.3) is 5.56 Å². The van der Waals surface area contributed by atoms with Crippen LogP contribution in [-0.2, 0) is 13.6 Å². The first-order chi connectivity index (χ1) is 12.4. The highest BCUT2D eigenvalue weighted by Gasteiger charge is 2.20. The molecule has 0 N–H and O–H groups in total. The molecule has 0 fully saturated rings. The Kier molecular flexibility index (Phi) is 4.91. The molecule has 1 aromatic carbocycles. The lowest BCUT2D eigenvalue weighted by atomic mass is 10.1. The van der Waals surface area contributed by atoms with Crippen molar-refractivity contribution in [3.63, 3.8) is 0 Å². The van der Waals surface area contributed by atoms with E-state index in [9.17, 15) is 4.79 Å². The van der Waals surface area contributed by atoms with Crippen LogP contribution in [-0.4, -0.2) is 54.1 Å². The molecular weight excluding hydrogens is 332 g/mol. The Morgan fingerprint density at radius 2 is 1.88 bits per heavy atom. The molecule has 2 aromatic heterocycles. The van der Waals surface area contributed by atoms with Crippen molar-refractivity contribution in [2.45, 2.75) is 19.9 Å². The summed E-state index contributed by atoms with van der Waals surface area (Å²) in [6.07, 6.45) is 0.867. The zero-order valence-electron chi connectivity index (χ0n) is 16.3. The summed E-state index contributed by atoms with van der Waals surface area (Å²) >= 11 is 0. The van der Waals surface area contributed by atoms with Crippen LogP contribution in [0.2, 0.25) is 0 Å². The van der Waals surface area contributed by atoms with Crippen molar-refractivity contribution in [3.8, 4) is 11.5 Å². The van der Waals surface area contributed by atoms with Gasteiger partial charge in [-0.25, -0.2) is 4.68 Å². The van der Waals surface area contributed by atoms with Crippen molar-refractivity contribution in [2.75, 3.05) is 34.9 Å². The second kappa shape index (κ2) is 6.99. The standard InChI is InChI=1S/C19H26N4O3/c1-12-16-17-14(10-13(25-5)11-15(17)26-6)22(4)18(16)19(24)23(20-12)9-7-8-21(2)3/h10-11H,7-9H2,1-6H3. The van der Waals surface area contributed by atoms with E-state index in [4.69, 9.17) is 9.47 Å². The molecule has 0 aliphatic heterocycles. The number of hydrogen-bond donors (Lipinski definition) is 0. The normalized spacial score (nSPS) is 11.7. The van der Waals surface area contributed by atoms with Crippen LogP contribution in [0.4, 0.5) is 0 Å². The number of aryl methyl sites for hydroxylation is 3. The van der Waals surface area contributed by atoms with E-state index in [2.05, 4.69) is 10.00 Å². The fourth-order valence-electron chi connectivity index (χ4n) is 3.47. The molecule has 7 heteroatoms. The Balaban J connectivity index is 2.28. The van der Waals surface area contributed by atoms with E-state index in [0.29, 0.717) is 23.6 Å². The van der Waals surface area contributed by atoms with Gasteiger partial charge in [-0.15, -0.1) is 0 Å². The van der Waals surface area contributed by atoms with E-state index in [1.54, 1.807) is 18.9 Å². The summed E-state index contributed by atoms with van der Waals surface area (Å²) in [4.78, 5) is 15.2. The van der Waals surface area contributed by atoms with E-state index in [1.165, 1.54) is 0 Å². The van der Waals surface area contributed by atoms with E-state index in [-0.39, 0.29) is 5.56 Å². The van der Waals surface area contributed by atoms with Crippen molar-refractivity contribution >= 4 is 21.8 Å². The van der Waals surface area contributed by atoms with E-state index in [1.807, 2.05) is 44.8 Å². The van der Waals surface area contributed by atoms with Crippen LogP contribution in [0.5, 0.6) is 11.5 Å². The van der Waals surface area contributed by atoms with Crippen LogP contribution >= 0.6 is 0 Å². The smallest absolute Gasteiger partial charge is 0.291 e. The number of aromatic nitrogens is 3. The number of nitrogens with zero attached hydrogens (tertiary/aromatic N) is 4. The lowest BCUT2D eigenvalue weighted by Gasteiger charge is -2.11. The molecule has 0 saturated heterocycles. The van der Waals surface area contributed by atoms with Crippen LogP contribution in [0.25, 0.3) is 21.8 Å². The summed E-state index contributed by atoms with van der Waals surface area (Å²) in [6.45, 7) is 3.44. The molecule has 0 aliphatic rings. The molecule has 3 rings (SSSR count). The molecule has 0 atom stereocenters. The SMILES string of the molecule is COc1cc(OC)c2c3c(C)nn(CCCN(C)C)c(=O)c3n(C)c2c1. The van der Waals surface area contributed by atoms with Gasteiger partial charge in [0.2, 0.25) is 0 Å². The molecule has 7 nitrogen and oxygen atoms in total. The number of benzene rings is 1. The molecule has 0 saturated carbocycles. The van der Waals surface area contributed by atoms with Gasteiger partial charge in [0.15, 0.2) is 0 Å². The fraction of sp³-hybridized carbons (Fsp3) is 0.474. The van der Waals surface area contributed by atoms with Gasteiger partial charge in [-0.3, -0.25) is 4.79 Å². The molecule has 3 aromatic rings. The Hall–Kier alpha value is -2.54. The molecule has 140 valence electrons. The quantitative estimate of drug-likeness (QED) is 0.676. The van der Waals surface area contributed by atoms with Crippen LogP contribution in [0.3, 0.4) is 0 Å². The van der Waals surface area contributed by atoms with Crippen molar-refractivity contribution in [2.24, 2.45) is 7.05 Å². The predicted molar refractivity (Wildman–Crippen MR) is 103 cm³/mol. The fourth-order valence-corrected chi connectivity index (χ4v) is 3.47. The van der Waals surface area contributed by atoms with E-state index in [0.717, 1.165) is 34.9 Å². The van der Waals surface area contributed by atoms with E-state index < -0.39 is 0 Å². The van der Waals surface area contributed by atoms with Gasteiger partial charge in [0.1, 0.15) is 17.0 Å². The molecule has 0 amide bonds. The maximum Gasteiger partial charge on any atom is 0.291 e. The lowest BCUT2D eigenvalue weighted by molar-refractivity contribution is 0.377. The Bertz CT molecular complexity index is 1020. The van der Waals surface area contributed by atoms with Gasteiger partial charge in [0.05, 0.1) is 30.8 Å². The molecular formula is C19H26N4O3. The number of fused-ring (bicyclic) bond motifs is 3. The molecule has 0 radical (unpaired) electrons. The minimum absolute atomic E-state index is 0.0796. The van der Waals surface area contributed by atoms with Crippen molar-refractivity contribution in [3.05, 3.63) is 28.2 Å². The maximum atomic E-state index is 13.1. The van der Waals surface area contributed by atoms with Crippen molar-refractivity contribution in [1.82, 2.24) is 19.2 Å². The number of ether oxygens (including phenoxy) is 2. The number of rotatable bonds is 6. The highest BCUT2D eigenvalue weighted by atomic mass is 16.5. The monoisotopic (exact) mass is 358 g/mol. The Labute approximate surface area is 152 Å². The Morgan fingerprint density at radius 1 is 1.15 bits per heavy atom. The van der Waals surface area contributed by atoms with Crippen LogP contribution in [0.15, 0.2) is 16.9 Å². The predicted octanol–water partition coefficient (Wildman–Crippen LogP) is 2.17. The van der Waals surface area contributed by atoms with Gasteiger partial charge in [-0.1, -0.05) is 0 Å². The largest absolute Gasteiger partial charge is 0.497 e. The Morgan fingerprint density at radius 3 is 2.50 bits per heavy atom. The third-order valence-electron chi connectivity index (χ3n) is 4.74. The minimum Gasteiger partial charge on any atom is -0.497 e. The highest BCUT2D eigenvalue weighted by Crippen LogP contribution is 2.38. The van der Waals surface area contributed by atoms with Gasteiger partial charge in [-0.2, -0.15) is 5.10 Å². The van der Waals surface area contributed by atoms with Gasteiger partial charge in [-0.05, 0) is 34.0 Å². The minimum atomic E-state index is -0.0796. The first-order valence-corrected chi connectivity index (χ1v) is 8.65. The second-order valence-electron chi connectivity index (χ2n) is 6.78. The average molecular weight is 358 g/mol. The van der Waals surface area contributed by atoms with Gasteiger partial charge in [0, 0.05) is 31.1 Å². The van der Waals surface area contributed by atoms with Crippen LogP contribution in [0, 0.1) is 6.92 Å². The summed E-state index contributed by atoms with van der Waals surface area (Å²) in [5, 5.41) is 6.30. The number of methoxy groups -OCH3 is 2. The molecule has 0 aliphatic carbocycles. The molecule has 0 bridgehead atoms. The third kappa shape index (κ3) is 2.92. The maximum absolute atomic E-state index is 13.1. The summed E-state index contributed by atoms with van der Waals surface area (Å²) in [5.74, 6) is 1.37. The zero-order chi connectivity index (χ0) is 19.0. The second-order valence-corrected chi connectivity index (χ2v) is 6.78. The van der Waals surface area contributed by atoms with Crippen LogP contribution < -0.4 is 15.0 Å². The van der Waals surface area contributed by atoms with Gasteiger partial charge < -0.3 is 18.9 Å². The summed E-state index contributed by atoms with van der Waals surface area (Å²) in [7, 11) is 9.18. The first kappa shape index (κ1) is 18.3. The molecule has 0 unspecified atom stereocenters. The summed E-state index contributed by atoms with van der Waals surface area (Å²) < 4.78 is 14.4.